The molecule has 3 nitrogen and oxygen atoms in total. The van der Waals surface area contributed by atoms with Gasteiger partial charge in [0.25, 0.3) is 0 Å². The van der Waals surface area contributed by atoms with Crippen molar-refractivity contribution in [2.45, 2.75) is 31.3 Å². The maximum absolute atomic E-state index is 10.5. The van der Waals surface area contributed by atoms with Crippen LogP contribution in [0.25, 0.3) is 0 Å². The Morgan fingerprint density at radius 2 is 2.16 bits per heavy atom. The van der Waals surface area contributed by atoms with Crippen molar-refractivity contribution >= 4 is 5.69 Å². The molecule has 0 spiro atoms. The Morgan fingerprint density at radius 3 is 3.00 bits per heavy atom. The maximum Gasteiger partial charge on any atom is 0.0650 e. The van der Waals surface area contributed by atoms with Gasteiger partial charge in [-0.25, -0.2) is 0 Å². The number of aliphatic hydroxyl groups is 1. The molecule has 98 valence electrons. The molecule has 1 aromatic carbocycles. The van der Waals surface area contributed by atoms with E-state index in [9.17, 15) is 5.11 Å². The fraction of sp³-hybridized carbons (Fsp3) is 0.312. The van der Waals surface area contributed by atoms with E-state index in [1.165, 1.54) is 11.1 Å². The smallest absolute Gasteiger partial charge is 0.0650 e. The fourth-order valence-electron chi connectivity index (χ4n) is 2.97. The number of pyridine rings is 1. The van der Waals surface area contributed by atoms with Crippen LogP contribution in [0.4, 0.5) is 5.69 Å². The Kier molecular flexibility index (Phi) is 3.22. The Bertz CT molecular complexity index is 582. The van der Waals surface area contributed by atoms with Gasteiger partial charge in [0.1, 0.15) is 0 Å². The van der Waals surface area contributed by atoms with Crippen molar-refractivity contribution in [3.63, 3.8) is 0 Å². The molecule has 3 heteroatoms. The van der Waals surface area contributed by atoms with Crippen LogP contribution >= 0.6 is 0 Å². The maximum atomic E-state index is 10.5. The van der Waals surface area contributed by atoms with Crippen LogP contribution in [0.5, 0.6) is 0 Å². The van der Waals surface area contributed by atoms with Crippen molar-refractivity contribution in [1.29, 1.82) is 0 Å². The number of nitrogen functional groups attached to an aromatic ring is 1. The highest BCUT2D eigenvalue weighted by Crippen LogP contribution is 2.36. The first-order valence-corrected chi connectivity index (χ1v) is 6.70. The monoisotopic (exact) mass is 254 g/mol. The number of rotatable bonds is 3. The quantitative estimate of drug-likeness (QED) is 0.883. The third-order valence-corrected chi connectivity index (χ3v) is 4.01. The number of aromatic nitrogens is 1. The van der Waals surface area contributed by atoms with Crippen molar-refractivity contribution in [3.05, 3.63) is 59.4 Å². The number of fused-ring (bicyclic) bond motifs is 1. The molecule has 0 saturated heterocycles. The molecule has 1 heterocycles. The van der Waals surface area contributed by atoms with Crippen LogP contribution in [0.3, 0.4) is 0 Å². The van der Waals surface area contributed by atoms with Crippen LogP contribution in [-0.4, -0.2) is 16.2 Å². The average Bonchev–Trinajstić information content (AvgIpc) is 2.85. The van der Waals surface area contributed by atoms with Gasteiger partial charge in [0.15, 0.2) is 0 Å². The van der Waals surface area contributed by atoms with Gasteiger partial charge in [-0.1, -0.05) is 24.3 Å². The molecule has 1 aliphatic carbocycles. The van der Waals surface area contributed by atoms with Crippen molar-refractivity contribution < 1.29 is 5.11 Å². The summed E-state index contributed by atoms with van der Waals surface area (Å²) in [5.41, 5.74) is 10.2. The predicted octanol–water partition coefficient (Wildman–Crippen LogP) is 2.30. The molecule has 2 unspecified atom stereocenters. The minimum Gasteiger partial charge on any atom is -0.398 e. The summed E-state index contributed by atoms with van der Waals surface area (Å²) in [5.74, 6) is 0.218. The van der Waals surface area contributed by atoms with Crippen molar-refractivity contribution in [1.82, 2.24) is 4.98 Å². The Balaban J connectivity index is 1.79. The minimum absolute atomic E-state index is 0.218. The number of aryl methyl sites for hydroxylation is 1. The predicted molar refractivity (Wildman–Crippen MR) is 75.9 cm³/mol. The summed E-state index contributed by atoms with van der Waals surface area (Å²) in [7, 11) is 0. The topological polar surface area (TPSA) is 59.1 Å². The van der Waals surface area contributed by atoms with E-state index in [2.05, 4.69) is 23.2 Å². The Morgan fingerprint density at radius 1 is 1.32 bits per heavy atom. The van der Waals surface area contributed by atoms with Gasteiger partial charge in [-0.2, -0.15) is 0 Å². The van der Waals surface area contributed by atoms with E-state index in [1.54, 1.807) is 18.5 Å². The zero-order chi connectivity index (χ0) is 13.2. The number of anilines is 1. The van der Waals surface area contributed by atoms with E-state index < -0.39 is 6.10 Å². The number of aliphatic hydroxyl groups excluding tert-OH is 1. The SMILES string of the molecule is Nc1ccncc1CC(O)C1CCc2ccccc21. The third-order valence-electron chi connectivity index (χ3n) is 4.01. The van der Waals surface area contributed by atoms with Crippen LogP contribution in [0.1, 0.15) is 29.0 Å². The van der Waals surface area contributed by atoms with Gasteiger partial charge in [0.05, 0.1) is 6.10 Å². The normalized spacial score (nSPS) is 19.1. The van der Waals surface area contributed by atoms with E-state index in [-0.39, 0.29) is 5.92 Å². The van der Waals surface area contributed by atoms with Crippen LogP contribution in [0, 0.1) is 0 Å². The Labute approximate surface area is 113 Å². The van der Waals surface area contributed by atoms with Crippen LogP contribution in [0.15, 0.2) is 42.7 Å². The van der Waals surface area contributed by atoms with Gasteiger partial charge < -0.3 is 10.8 Å². The molecule has 0 bridgehead atoms. The molecular formula is C16H18N2O. The lowest BCUT2D eigenvalue weighted by Gasteiger charge is -2.19. The summed E-state index contributed by atoms with van der Waals surface area (Å²) in [6, 6.07) is 10.2. The summed E-state index contributed by atoms with van der Waals surface area (Å²) in [6.45, 7) is 0. The molecule has 2 aromatic rings. The molecule has 0 fully saturated rings. The van der Waals surface area contributed by atoms with Crippen molar-refractivity contribution in [2.75, 3.05) is 5.73 Å². The molecule has 3 N–H and O–H groups in total. The second-order valence-electron chi connectivity index (χ2n) is 5.19. The first kappa shape index (κ1) is 12.2. The number of hydrogen-bond acceptors (Lipinski definition) is 3. The first-order valence-electron chi connectivity index (χ1n) is 6.70. The highest BCUT2D eigenvalue weighted by atomic mass is 16.3. The second-order valence-corrected chi connectivity index (χ2v) is 5.19. The van der Waals surface area contributed by atoms with E-state index in [0.717, 1.165) is 18.4 Å². The van der Waals surface area contributed by atoms with Gasteiger partial charge in [-0.05, 0) is 35.6 Å². The molecular weight excluding hydrogens is 236 g/mol. The third kappa shape index (κ3) is 2.34. The summed E-state index contributed by atoms with van der Waals surface area (Å²) in [6.07, 6.45) is 5.67. The van der Waals surface area contributed by atoms with Gasteiger partial charge in [-0.3, -0.25) is 4.98 Å². The number of hydrogen-bond donors (Lipinski definition) is 2. The molecule has 3 rings (SSSR count). The number of nitrogens with zero attached hydrogens (tertiary/aromatic N) is 1. The van der Waals surface area contributed by atoms with Crippen LogP contribution in [-0.2, 0) is 12.8 Å². The molecule has 0 amide bonds. The molecule has 0 radical (unpaired) electrons. The zero-order valence-electron chi connectivity index (χ0n) is 10.8. The van der Waals surface area contributed by atoms with Gasteiger partial charge in [-0.15, -0.1) is 0 Å². The van der Waals surface area contributed by atoms with Crippen LogP contribution < -0.4 is 5.73 Å². The molecule has 2 atom stereocenters. The lowest BCUT2D eigenvalue weighted by Crippen LogP contribution is -2.20. The van der Waals surface area contributed by atoms with E-state index in [1.807, 2.05) is 6.07 Å². The number of benzene rings is 1. The lowest BCUT2D eigenvalue weighted by atomic mass is 9.91. The molecule has 0 aliphatic heterocycles. The van der Waals surface area contributed by atoms with Gasteiger partial charge >= 0.3 is 0 Å². The van der Waals surface area contributed by atoms with Gasteiger partial charge in [0.2, 0.25) is 0 Å². The van der Waals surface area contributed by atoms with E-state index in [0.29, 0.717) is 12.1 Å². The van der Waals surface area contributed by atoms with E-state index >= 15 is 0 Å². The standard InChI is InChI=1S/C16H18N2O/c17-15-7-8-18-10-12(15)9-16(19)14-6-5-11-3-1-2-4-13(11)14/h1-4,7-8,10,14,16,19H,5-6,9H2,(H2,17,18). The summed E-state index contributed by atoms with van der Waals surface area (Å²) < 4.78 is 0. The Hall–Kier alpha value is -1.87. The molecule has 1 aliphatic rings. The average molecular weight is 254 g/mol. The molecule has 1 aromatic heterocycles. The first-order chi connectivity index (χ1) is 9.25. The molecule has 0 saturated carbocycles. The highest BCUT2D eigenvalue weighted by molar-refractivity contribution is 5.45. The fourth-order valence-corrected chi connectivity index (χ4v) is 2.97. The zero-order valence-corrected chi connectivity index (χ0v) is 10.8. The summed E-state index contributed by atoms with van der Waals surface area (Å²) in [5, 5.41) is 10.5. The summed E-state index contributed by atoms with van der Waals surface area (Å²) in [4.78, 5) is 4.08. The minimum atomic E-state index is -0.393. The van der Waals surface area contributed by atoms with E-state index in [4.69, 9.17) is 5.73 Å². The van der Waals surface area contributed by atoms with Crippen molar-refractivity contribution in [2.24, 2.45) is 0 Å². The van der Waals surface area contributed by atoms with Gasteiger partial charge in [0, 0.05) is 30.4 Å². The second kappa shape index (κ2) is 5.02. The number of nitrogens with two attached hydrogens (primary N) is 1. The van der Waals surface area contributed by atoms with Crippen molar-refractivity contribution in [3.8, 4) is 0 Å². The molecule has 19 heavy (non-hydrogen) atoms. The largest absolute Gasteiger partial charge is 0.398 e. The highest BCUT2D eigenvalue weighted by Gasteiger charge is 2.28. The van der Waals surface area contributed by atoms with Crippen LogP contribution in [0.2, 0.25) is 0 Å². The lowest BCUT2D eigenvalue weighted by molar-refractivity contribution is 0.143. The summed E-state index contributed by atoms with van der Waals surface area (Å²) >= 11 is 0.